The van der Waals surface area contributed by atoms with Gasteiger partial charge < -0.3 is 19.8 Å². The Kier molecular flexibility index (Phi) is 8.43. The van der Waals surface area contributed by atoms with Crippen LogP contribution in [-0.2, 0) is 29.9 Å². The number of hydrogen-bond acceptors (Lipinski definition) is 6. The summed E-state index contributed by atoms with van der Waals surface area (Å²) < 4.78 is 22.9. The predicted molar refractivity (Wildman–Crippen MR) is 133 cm³/mol. The van der Waals surface area contributed by atoms with Gasteiger partial charge in [-0.05, 0) is 79.5 Å². The first-order chi connectivity index (χ1) is 17.5. The molecule has 1 aromatic carbocycles. The third-order valence-corrected chi connectivity index (χ3v) is 9.67. The maximum absolute atomic E-state index is 12.5. The van der Waals surface area contributed by atoms with Gasteiger partial charge in [0.2, 0.25) is 0 Å². The minimum atomic E-state index is -4.42. The normalized spacial score (nSPS) is 28.9. The number of carboxylic acid groups (broad SMARTS) is 2. The molecular weight excluding hydrogens is 501 g/mol. The summed E-state index contributed by atoms with van der Waals surface area (Å²) in [6, 6.07) is 4.66. The van der Waals surface area contributed by atoms with Crippen LogP contribution in [0.2, 0.25) is 0 Å². The van der Waals surface area contributed by atoms with E-state index >= 15 is 0 Å². The van der Waals surface area contributed by atoms with Gasteiger partial charge in [0.25, 0.3) is 0 Å². The number of aliphatic carboxylic acids is 2. The zero-order valence-corrected chi connectivity index (χ0v) is 22.0. The molecule has 0 saturated heterocycles. The minimum Gasteiger partial charge on any atom is -0.493 e. The number of carbonyl (C=O) groups excluding carboxylic acids is 1. The molecule has 0 aromatic heterocycles. The number of nitrogens with one attached hydrogen (secondary N) is 1. The van der Waals surface area contributed by atoms with Crippen LogP contribution in [0.4, 0.5) is 0 Å². The van der Waals surface area contributed by atoms with Gasteiger partial charge >= 0.3 is 19.7 Å². The first kappa shape index (κ1) is 27.8. The summed E-state index contributed by atoms with van der Waals surface area (Å²) in [5.41, 5.74) is 2.52. The van der Waals surface area contributed by atoms with E-state index in [1.54, 1.807) is 0 Å². The van der Waals surface area contributed by atoms with Gasteiger partial charge in [-0.15, -0.1) is 0 Å². The van der Waals surface area contributed by atoms with Gasteiger partial charge in [0.1, 0.15) is 17.6 Å². The van der Waals surface area contributed by atoms with Crippen LogP contribution in [0.5, 0.6) is 5.75 Å². The molecule has 6 atom stereocenters. The van der Waals surface area contributed by atoms with Gasteiger partial charge in [-0.3, -0.25) is 18.9 Å². The van der Waals surface area contributed by atoms with Gasteiger partial charge in [-0.1, -0.05) is 13.0 Å². The number of carboxylic acids is 2. The van der Waals surface area contributed by atoms with Crippen LogP contribution in [0, 0.1) is 17.3 Å². The summed E-state index contributed by atoms with van der Waals surface area (Å²) in [6.45, 7) is 2.28. The van der Waals surface area contributed by atoms with Crippen LogP contribution in [0.25, 0.3) is 0 Å². The molecule has 0 heterocycles. The summed E-state index contributed by atoms with van der Waals surface area (Å²) in [6.07, 6.45) is 5.29. The molecular formula is C26H36NO9P. The molecule has 5 unspecified atom stereocenters. The Balaban J connectivity index is 1.25. The molecule has 11 heteroatoms. The smallest absolute Gasteiger partial charge is 0.403 e. The van der Waals surface area contributed by atoms with Gasteiger partial charge in [0.05, 0.1) is 13.2 Å². The number of ether oxygens (including phenoxy) is 1. The van der Waals surface area contributed by atoms with E-state index in [1.165, 1.54) is 11.1 Å². The molecule has 0 spiro atoms. The Morgan fingerprint density at radius 2 is 1.97 bits per heavy atom. The van der Waals surface area contributed by atoms with E-state index in [-0.39, 0.29) is 25.0 Å². The van der Waals surface area contributed by atoms with Crippen LogP contribution in [0.1, 0.15) is 75.3 Å². The Bertz CT molecular complexity index is 1090. The summed E-state index contributed by atoms with van der Waals surface area (Å²) in [5, 5.41) is 19.8. The van der Waals surface area contributed by atoms with E-state index in [1.807, 2.05) is 11.2 Å². The lowest BCUT2D eigenvalue weighted by Crippen LogP contribution is -2.42. The van der Waals surface area contributed by atoms with E-state index in [9.17, 15) is 23.8 Å². The number of benzene rings is 1. The number of aryl methyl sites for hydroxylation is 1. The topological polar surface area (TPSA) is 159 Å². The van der Waals surface area contributed by atoms with Crippen LogP contribution in [0.15, 0.2) is 18.2 Å². The van der Waals surface area contributed by atoms with Crippen LogP contribution >= 0.6 is 7.75 Å². The number of carbonyl (C=O) groups is 3. The van der Waals surface area contributed by atoms with E-state index in [2.05, 4.69) is 19.1 Å². The molecule has 3 aliphatic carbocycles. The highest BCUT2D eigenvalue weighted by Gasteiger charge is 2.54. The molecule has 204 valence electrons. The van der Waals surface area contributed by atoms with Crippen molar-refractivity contribution in [3.8, 4) is 5.75 Å². The maximum atomic E-state index is 12.5. The molecule has 0 bridgehead atoms. The third kappa shape index (κ3) is 6.25. The van der Waals surface area contributed by atoms with Crippen LogP contribution in [-0.4, -0.2) is 52.1 Å². The van der Waals surface area contributed by atoms with Gasteiger partial charge in [0.15, 0.2) is 0 Å². The van der Waals surface area contributed by atoms with Crippen molar-refractivity contribution < 1.29 is 43.3 Å². The Labute approximate surface area is 216 Å². The molecule has 0 radical (unpaired) electrons. The summed E-state index contributed by atoms with van der Waals surface area (Å²) in [4.78, 5) is 44.2. The lowest BCUT2D eigenvalue weighted by Gasteiger charge is -2.48. The molecule has 1 aromatic rings. The number of rotatable bonds is 12. The van der Waals surface area contributed by atoms with Gasteiger partial charge in [0, 0.05) is 24.7 Å². The second-order valence-corrected chi connectivity index (χ2v) is 12.3. The van der Waals surface area contributed by atoms with Crippen molar-refractivity contribution in [2.24, 2.45) is 17.3 Å². The molecule has 4 rings (SSSR count). The second kappa shape index (κ2) is 11.2. The fourth-order valence-electron chi connectivity index (χ4n) is 6.60. The molecule has 0 aliphatic heterocycles. The van der Waals surface area contributed by atoms with Gasteiger partial charge in [-0.25, -0.2) is 9.65 Å². The first-order valence-electron chi connectivity index (χ1n) is 13.0. The lowest BCUT2D eigenvalue weighted by molar-refractivity contribution is -0.140. The van der Waals surface area contributed by atoms with E-state index in [0.29, 0.717) is 30.0 Å². The number of Topliss-reactive ketones (excluding diaryl/α,β-unsaturated/α-hetero) is 1. The zero-order chi connectivity index (χ0) is 26.8. The summed E-state index contributed by atoms with van der Waals surface area (Å²) in [5.74, 6) is 0.0816. The lowest BCUT2D eigenvalue weighted by atomic mass is 9.55. The van der Waals surface area contributed by atoms with Crippen molar-refractivity contribution in [3.63, 3.8) is 0 Å². The van der Waals surface area contributed by atoms with Crippen molar-refractivity contribution in [1.82, 2.24) is 5.09 Å². The Hall–Kier alpha value is -2.26. The number of ketones is 1. The third-order valence-electron chi connectivity index (χ3n) is 8.49. The predicted octanol–water partition coefficient (Wildman–Crippen LogP) is 3.91. The fourth-order valence-corrected chi connectivity index (χ4v) is 7.69. The highest BCUT2D eigenvalue weighted by molar-refractivity contribution is 7.50. The van der Waals surface area contributed by atoms with Crippen molar-refractivity contribution in [2.45, 2.75) is 76.7 Å². The number of fused-ring (bicyclic) bond motifs is 5. The molecule has 2 fully saturated rings. The highest BCUT2D eigenvalue weighted by Crippen LogP contribution is 2.59. The standard InChI is InChI=1S/C26H36NO9P/c1-26-12-11-19-18-6-4-17(15-16(18)3-5-20(19)21(26)7-9-23(26)28)35-13-2-14-36-37(33,34)27-22(25(31)32)8-10-24(29)30/h4,6,15,19-22H,2-3,5,7-14H2,1H3,(H,29,30)(H,31,32)(H2,27,33,34)/t19?,20?,21?,22-,26?/m0/s1. The van der Waals surface area contributed by atoms with Crippen molar-refractivity contribution in [3.05, 3.63) is 29.3 Å². The molecule has 10 nitrogen and oxygen atoms in total. The van der Waals surface area contributed by atoms with Crippen molar-refractivity contribution in [1.29, 1.82) is 0 Å². The average molecular weight is 538 g/mol. The van der Waals surface area contributed by atoms with Gasteiger partial charge in [-0.2, -0.15) is 0 Å². The second-order valence-electron chi connectivity index (χ2n) is 10.7. The molecule has 2 saturated carbocycles. The monoisotopic (exact) mass is 537 g/mol. The fraction of sp³-hybridized carbons (Fsp3) is 0.654. The van der Waals surface area contributed by atoms with Crippen molar-refractivity contribution >= 4 is 25.5 Å². The molecule has 0 amide bonds. The van der Waals surface area contributed by atoms with Crippen LogP contribution < -0.4 is 9.82 Å². The van der Waals surface area contributed by atoms with E-state index in [4.69, 9.17) is 19.5 Å². The van der Waals surface area contributed by atoms with E-state index in [0.717, 1.165) is 44.3 Å². The van der Waals surface area contributed by atoms with E-state index < -0.39 is 32.1 Å². The summed E-state index contributed by atoms with van der Waals surface area (Å²) in [7, 11) is -4.42. The first-order valence-corrected chi connectivity index (χ1v) is 14.6. The highest BCUT2D eigenvalue weighted by atomic mass is 31.2. The largest absolute Gasteiger partial charge is 0.493 e. The summed E-state index contributed by atoms with van der Waals surface area (Å²) >= 11 is 0. The molecule has 37 heavy (non-hydrogen) atoms. The minimum absolute atomic E-state index is 0.134. The Morgan fingerprint density at radius 3 is 2.70 bits per heavy atom. The van der Waals surface area contributed by atoms with Crippen LogP contribution in [0.3, 0.4) is 0 Å². The average Bonchev–Trinajstić information content (AvgIpc) is 3.15. The van der Waals surface area contributed by atoms with Crippen molar-refractivity contribution in [2.75, 3.05) is 13.2 Å². The zero-order valence-electron chi connectivity index (χ0n) is 21.1. The quantitative estimate of drug-likeness (QED) is 0.227. The molecule has 3 aliphatic rings. The Morgan fingerprint density at radius 1 is 1.19 bits per heavy atom. The number of hydrogen-bond donors (Lipinski definition) is 4. The maximum Gasteiger partial charge on any atom is 0.403 e. The SMILES string of the molecule is CC12CCC3c4ccc(OCCCOP(=O)(O)N[C@@H](CCC(=O)O)C(=O)O)cc4CCC3C1CCC2=O. The molecule has 4 N–H and O–H groups in total.